The van der Waals surface area contributed by atoms with Crippen molar-refractivity contribution < 1.29 is 5.11 Å². The van der Waals surface area contributed by atoms with Crippen LogP contribution in [0.25, 0.3) is 0 Å². The molecule has 2 N–H and O–H groups in total. The van der Waals surface area contributed by atoms with Gasteiger partial charge >= 0.3 is 0 Å². The van der Waals surface area contributed by atoms with Gasteiger partial charge < -0.3 is 19.6 Å². The molecule has 0 spiro atoms. The summed E-state index contributed by atoms with van der Waals surface area (Å²) in [6.45, 7) is 6.18. The van der Waals surface area contributed by atoms with Crippen molar-refractivity contribution in [3.8, 4) is 0 Å². The smallest absolute Gasteiger partial charge is 0.177 e. The lowest BCUT2D eigenvalue weighted by Crippen LogP contribution is -2.31. The van der Waals surface area contributed by atoms with Crippen molar-refractivity contribution in [1.29, 1.82) is 0 Å². The number of aliphatic hydroxyl groups excluding tert-OH is 1. The minimum atomic E-state index is 0.0280. The van der Waals surface area contributed by atoms with Crippen molar-refractivity contribution in [1.82, 2.24) is 14.5 Å². The first-order chi connectivity index (χ1) is 7.60. The maximum Gasteiger partial charge on any atom is 0.177 e. The third-order valence-electron chi connectivity index (χ3n) is 3.14. The fourth-order valence-corrected chi connectivity index (χ4v) is 1.86. The number of nitrogens with one attached hydrogen (secondary N) is 1. The van der Waals surface area contributed by atoms with Crippen LogP contribution in [0.3, 0.4) is 0 Å². The number of hydrogen-bond acceptors (Lipinski definition) is 3. The maximum absolute atomic E-state index is 9.15. The summed E-state index contributed by atoms with van der Waals surface area (Å²) < 4.78 is 2.63. The molecule has 0 aliphatic carbocycles. The third kappa shape index (κ3) is 3.17. The summed E-state index contributed by atoms with van der Waals surface area (Å²) in [6, 6.07) is 0.575. The molecule has 0 radical (unpaired) electrons. The Morgan fingerprint density at radius 2 is 2.31 bits per heavy atom. The van der Waals surface area contributed by atoms with E-state index in [9.17, 15) is 0 Å². The standard InChI is InChI=1S/C11H21N3OS/c1-4-9(2)13(3)5-6-14-10(8-15)7-12-11(14)16/h7,9,15H,4-6,8H2,1-3H3,(H,12,16). The van der Waals surface area contributed by atoms with Crippen LogP contribution >= 0.6 is 12.2 Å². The summed E-state index contributed by atoms with van der Waals surface area (Å²) in [5.74, 6) is 0. The largest absolute Gasteiger partial charge is 0.390 e. The summed E-state index contributed by atoms with van der Waals surface area (Å²) in [5, 5.41) is 9.15. The summed E-state index contributed by atoms with van der Waals surface area (Å²) in [5.41, 5.74) is 0.850. The Morgan fingerprint density at radius 3 is 2.88 bits per heavy atom. The van der Waals surface area contributed by atoms with Crippen molar-refractivity contribution in [2.24, 2.45) is 0 Å². The average Bonchev–Trinajstić information content (AvgIpc) is 2.65. The highest BCUT2D eigenvalue weighted by molar-refractivity contribution is 7.71. The van der Waals surface area contributed by atoms with Gasteiger partial charge in [-0.25, -0.2) is 0 Å². The first kappa shape index (κ1) is 13.4. The molecule has 1 unspecified atom stereocenters. The first-order valence-corrected chi connectivity index (χ1v) is 6.09. The van der Waals surface area contributed by atoms with E-state index in [0.717, 1.165) is 25.2 Å². The molecule has 4 nitrogen and oxygen atoms in total. The monoisotopic (exact) mass is 243 g/mol. The van der Waals surface area contributed by atoms with Crippen LogP contribution in [-0.4, -0.2) is 39.2 Å². The maximum atomic E-state index is 9.15. The zero-order chi connectivity index (χ0) is 12.1. The fourth-order valence-electron chi connectivity index (χ4n) is 1.60. The molecule has 0 aromatic carbocycles. The topological polar surface area (TPSA) is 44.2 Å². The fraction of sp³-hybridized carbons (Fsp3) is 0.727. The van der Waals surface area contributed by atoms with Crippen LogP contribution in [0.4, 0.5) is 0 Å². The lowest BCUT2D eigenvalue weighted by Gasteiger charge is -2.23. The SMILES string of the molecule is CCC(C)N(C)CCn1c(CO)c[nH]c1=S. The highest BCUT2D eigenvalue weighted by atomic mass is 32.1. The zero-order valence-electron chi connectivity index (χ0n) is 10.2. The minimum absolute atomic E-state index is 0.0280. The molecule has 0 aliphatic heterocycles. The van der Waals surface area contributed by atoms with E-state index in [2.05, 4.69) is 30.8 Å². The molecular formula is C11H21N3OS. The number of imidazole rings is 1. The van der Waals surface area contributed by atoms with Crippen LogP contribution in [0.1, 0.15) is 26.0 Å². The quantitative estimate of drug-likeness (QED) is 0.748. The summed E-state index contributed by atoms with van der Waals surface area (Å²) in [7, 11) is 2.11. The molecule has 0 fully saturated rings. The van der Waals surface area contributed by atoms with E-state index in [-0.39, 0.29) is 6.61 Å². The van der Waals surface area contributed by atoms with Crippen LogP contribution in [0.15, 0.2) is 6.20 Å². The van der Waals surface area contributed by atoms with Crippen molar-refractivity contribution in [3.05, 3.63) is 16.7 Å². The van der Waals surface area contributed by atoms with E-state index in [1.54, 1.807) is 6.20 Å². The van der Waals surface area contributed by atoms with Gasteiger partial charge in [0.2, 0.25) is 0 Å². The van der Waals surface area contributed by atoms with Gasteiger partial charge in [-0.1, -0.05) is 6.92 Å². The first-order valence-electron chi connectivity index (χ1n) is 5.68. The van der Waals surface area contributed by atoms with Gasteiger partial charge in [0.1, 0.15) is 0 Å². The summed E-state index contributed by atoms with van der Waals surface area (Å²) in [4.78, 5) is 5.26. The van der Waals surface area contributed by atoms with E-state index in [4.69, 9.17) is 17.3 Å². The molecule has 1 rings (SSSR count). The highest BCUT2D eigenvalue weighted by Crippen LogP contribution is 2.04. The number of H-pyrrole nitrogens is 1. The van der Waals surface area contributed by atoms with Crippen LogP contribution in [0.2, 0.25) is 0 Å². The van der Waals surface area contributed by atoms with Crippen molar-refractivity contribution >= 4 is 12.2 Å². The molecule has 0 aliphatic rings. The van der Waals surface area contributed by atoms with Crippen LogP contribution in [-0.2, 0) is 13.2 Å². The van der Waals surface area contributed by atoms with Crippen molar-refractivity contribution in [2.45, 2.75) is 39.5 Å². The van der Waals surface area contributed by atoms with E-state index in [0.29, 0.717) is 10.8 Å². The predicted octanol–water partition coefficient (Wildman–Crippen LogP) is 1.77. The van der Waals surface area contributed by atoms with Gasteiger partial charge in [-0.3, -0.25) is 0 Å². The number of hydrogen-bond donors (Lipinski definition) is 2. The Hall–Kier alpha value is -0.650. The Labute approximate surface area is 102 Å². The molecule has 16 heavy (non-hydrogen) atoms. The van der Waals surface area contributed by atoms with Gasteiger partial charge in [0.25, 0.3) is 0 Å². The second-order valence-electron chi connectivity index (χ2n) is 4.13. The molecule has 0 saturated heterocycles. The van der Waals surface area contributed by atoms with Gasteiger partial charge in [-0.05, 0) is 32.6 Å². The number of likely N-dealkylation sites (N-methyl/N-ethyl adjacent to an activating group) is 1. The van der Waals surface area contributed by atoms with Crippen LogP contribution in [0, 0.1) is 4.77 Å². The Morgan fingerprint density at radius 1 is 1.62 bits per heavy atom. The van der Waals surface area contributed by atoms with Crippen molar-refractivity contribution in [2.75, 3.05) is 13.6 Å². The van der Waals surface area contributed by atoms with Crippen LogP contribution in [0.5, 0.6) is 0 Å². The van der Waals surface area contributed by atoms with Gasteiger partial charge in [0, 0.05) is 25.3 Å². The lowest BCUT2D eigenvalue weighted by atomic mass is 10.2. The van der Waals surface area contributed by atoms with E-state index < -0.39 is 0 Å². The Bertz CT molecular complexity index is 372. The average molecular weight is 243 g/mol. The van der Waals surface area contributed by atoms with Gasteiger partial charge in [0.15, 0.2) is 4.77 Å². The Kier molecular flexibility index (Phi) is 5.18. The second-order valence-corrected chi connectivity index (χ2v) is 4.52. The van der Waals surface area contributed by atoms with E-state index in [1.807, 2.05) is 4.57 Å². The number of nitrogens with zero attached hydrogens (tertiary/aromatic N) is 2. The third-order valence-corrected chi connectivity index (χ3v) is 3.47. The van der Waals surface area contributed by atoms with Crippen LogP contribution < -0.4 is 0 Å². The second kappa shape index (κ2) is 6.18. The van der Waals surface area contributed by atoms with Gasteiger partial charge in [0.05, 0.1) is 12.3 Å². The van der Waals surface area contributed by atoms with Gasteiger partial charge in [-0.2, -0.15) is 0 Å². The number of rotatable bonds is 6. The molecule has 1 atom stereocenters. The molecule has 1 aromatic rings. The Balaban J connectivity index is 2.60. The minimum Gasteiger partial charge on any atom is -0.390 e. The molecule has 92 valence electrons. The van der Waals surface area contributed by atoms with E-state index >= 15 is 0 Å². The van der Waals surface area contributed by atoms with Crippen molar-refractivity contribution in [3.63, 3.8) is 0 Å². The molecule has 1 aromatic heterocycles. The zero-order valence-corrected chi connectivity index (χ0v) is 11.0. The molecule has 0 saturated carbocycles. The molecule has 0 amide bonds. The number of aromatic amines is 1. The summed E-state index contributed by atoms with van der Waals surface area (Å²) in [6.07, 6.45) is 2.91. The number of aromatic nitrogens is 2. The normalized spacial score (nSPS) is 13.3. The number of aliphatic hydroxyl groups is 1. The van der Waals surface area contributed by atoms with E-state index in [1.165, 1.54) is 0 Å². The lowest BCUT2D eigenvalue weighted by molar-refractivity contribution is 0.234. The molecule has 0 bridgehead atoms. The highest BCUT2D eigenvalue weighted by Gasteiger charge is 2.08. The predicted molar refractivity (Wildman–Crippen MR) is 67.9 cm³/mol. The van der Waals surface area contributed by atoms with Gasteiger partial charge in [-0.15, -0.1) is 0 Å². The molecule has 1 heterocycles. The molecule has 5 heteroatoms. The molecular weight excluding hydrogens is 222 g/mol. The summed E-state index contributed by atoms with van der Waals surface area (Å²) >= 11 is 5.16.